The molecule has 1 atom stereocenters. The zero-order valence-corrected chi connectivity index (χ0v) is 10.3. The van der Waals surface area contributed by atoms with Crippen LogP contribution in [-0.2, 0) is 4.79 Å². The number of nitrogens with zero attached hydrogens (tertiary/aromatic N) is 2. The van der Waals surface area contributed by atoms with E-state index in [0.29, 0.717) is 18.4 Å². The molecule has 92 valence electrons. The number of aryl methyl sites for hydroxylation is 2. The van der Waals surface area contributed by atoms with Crippen molar-refractivity contribution in [1.29, 1.82) is 0 Å². The van der Waals surface area contributed by atoms with E-state index in [-0.39, 0.29) is 5.91 Å². The highest BCUT2D eigenvalue weighted by Gasteiger charge is 2.18. The fraction of sp³-hybridized carbons (Fsp3) is 0.583. The van der Waals surface area contributed by atoms with Crippen LogP contribution in [0.25, 0.3) is 0 Å². The van der Waals surface area contributed by atoms with Crippen molar-refractivity contribution in [3.63, 3.8) is 0 Å². The molecule has 5 heteroatoms. The molecule has 0 spiro atoms. The van der Waals surface area contributed by atoms with Gasteiger partial charge in [-0.25, -0.2) is 9.97 Å². The maximum atomic E-state index is 11.8. The van der Waals surface area contributed by atoms with Gasteiger partial charge in [-0.1, -0.05) is 0 Å². The van der Waals surface area contributed by atoms with E-state index in [1.54, 1.807) is 0 Å². The van der Waals surface area contributed by atoms with Crippen molar-refractivity contribution < 1.29 is 4.79 Å². The van der Waals surface area contributed by atoms with Crippen LogP contribution in [0.4, 0.5) is 5.95 Å². The first-order chi connectivity index (χ1) is 8.13. The van der Waals surface area contributed by atoms with E-state index in [2.05, 4.69) is 20.6 Å². The Hall–Kier alpha value is -1.49. The van der Waals surface area contributed by atoms with Crippen LogP contribution in [0, 0.1) is 13.8 Å². The molecule has 2 heterocycles. The molecule has 0 aromatic carbocycles. The highest BCUT2D eigenvalue weighted by atomic mass is 16.1. The van der Waals surface area contributed by atoms with Gasteiger partial charge in [-0.2, -0.15) is 0 Å². The second kappa shape index (κ2) is 5.23. The third-order valence-electron chi connectivity index (χ3n) is 2.83. The zero-order chi connectivity index (χ0) is 12.3. The van der Waals surface area contributed by atoms with E-state index >= 15 is 0 Å². The summed E-state index contributed by atoms with van der Waals surface area (Å²) in [6, 6.07) is 2.19. The summed E-state index contributed by atoms with van der Waals surface area (Å²) in [5, 5.41) is 6.04. The molecule has 1 aromatic heterocycles. The minimum absolute atomic E-state index is 0.0191. The van der Waals surface area contributed by atoms with Crippen LogP contribution in [0.1, 0.15) is 30.7 Å². The van der Waals surface area contributed by atoms with Crippen LogP contribution in [0.3, 0.4) is 0 Å². The molecule has 0 bridgehead atoms. The summed E-state index contributed by atoms with van der Waals surface area (Å²) in [7, 11) is 0. The van der Waals surface area contributed by atoms with E-state index in [9.17, 15) is 4.79 Å². The predicted octanol–water partition coefficient (Wildman–Crippen LogP) is 1.17. The molecule has 1 aliphatic heterocycles. The summed E-state index contributed by atoms with van der Waals surface area (Å²) < 4.78 is 0. The van der Waals surface area contributed by atoms with Gasteiger partial charge in [-0.15, -0.1) is 0 Å². The van der Waals surface area contributed by atoms with Crippen molar-refractivity contribution in [1.82, 2.24) is 15.3 Å². The van der Waals surface area contributed by atoms with E-state index in [1.165, 1.54) is 0 Å². The van der Waals surface area contributed by atoms with Crippen LogP contribution in [0.2, 0.25) is 0 Å². The standard InChI is InChI=1S/C12H18N4O/c1-8-6-9(2)15-12(14-8)16-11(17)7-10-4-3-5-13-10/h6,10,13H,3-5,7H2,1-2H3,(H,14,15,16,17). The molecule has 1 aliphatic rings. The smallest absolute Gasteiger partial charge is 0.229 e. The molecule has 1 fully saturated rings. The fourth-order valence-corrected chi connectivity index (χ4v) is 2.11. The molecule has 5 nitrogen and oxygen atoms in total. The summed E-state index contributed by atoms with van der Waals surface area (Å²) in [6.45, 7) is 4.80. The monoisotopic (exact) mass is 234 g/mol. The zero-order valence-electron chi connectivity index (χ0n) is 10.3. The Morgan fingerprint density at radius 2 is 2.18 bits per heavy atom. The Labute approximate surface area is 101 Å². The Balaban J connectivity index is 1.92. The second-order valence-electron chi connectivity index (χ2n) is 4.52. The first kappa shape index (κ1) is 12.0. The summed E-state index contributed by atoms with van der Waals surface area (Å²) in [4.78, 5) is 20.1. The van der Waals surface area contributed by atoms with Gasteiger partial charge in [0.1, 0.15) is 0 Å². The lowest BCUT2D eigenvalue weighted by Crippen LogP contribution is -2.28. The van der Waals surface area contributed by atoms with Gasteiger partial charge in [0.25, 0.3) is 0 Å². The number of hydrogen-bond acceptors (Lipinski definition) is 4. The van der Waals surface area contributed by atoms with E-state index < -0.39 is 0 Å². The average Bonchev–Trinajstić information content (AvgIpc) is 2.67. The molecule has 0 radical (unpaired) electrons. The van der Waals surface area contributed by atoms with Gasteiger partial charge in [0.15, 0.2) is 0 Å². The topological polar surface area (TPSA) is 66.9 Å². The van der Waals surface area contributed by atoms with Crippen molar-refractivity contribution in [3.8, 4) is 0 Å². The highest BCUT2D eigenvalue weighted by molar-refractivity contribution is 5.89. The summed E-state index contributed by atoms with van der Waals surface area (Å²) >= 11 is 0. The van der Waals surface area contributed by atoms with Crippen molar-refractivity contribution >= 4 is 11.9 Å². The average molecular weight is 234 g/mol. The molecular formula is C12H18N4O. The molecule has 1 aromatic rings. The first-order valence-electron chi connectivity index (χ1n) is 5.99. The molecule has 0 aliphatic carbocycles. The van der Waals surface area contributed by atoms with Gasteiger partial charge >= 0.3 is 0 Å². The largest absolute Gasteiger partial charge is 0.313 e. The van der Waals surface area contributed by atoms with Crippen LogP contribution in [-0.4, -0.2) is 28.5 Å². The molecule has 2 rings (SSSR count). The number of carbonyl (C=O) groups is 1. The predicted molar refractivity (Wildman–Crippen MR) is 65.8 cm³/mol. The van der Waals surface area contributed by atoms with Gasteiger partial charge in [0, 0.05) is 23.9 Å². The maximum absolute atomic E-state index is 11.8. The van der Waals surface area contributed by atoms with Crippen LogP contribution >= 0.6 is 0 Å². The van der Waals surface area contributed by atoms with E-state index in [0.717, 1.165) is 30.8 Å². The maximum Gasteiger partial charge on any atom is 0.229 e. The van der Waals surface area contributed by atoms with Crippen LogP contribution < -0.4 is 10.6 Å². The molecule has 2 N–H and O–H groups in total. The molecule has 17 heavy (non-hydrogen) atoms. The van der Waals surface area contributed by atoms with Gasteiger partial charge in [0.2, 0.25) is 11.9 Å². The fourth-order valence-electron chi connectivity index (χ4n) is 2.11. The Bertz CT molecular complexity index is 393. The summed E-state index contributed by atoms with van der Waals surface area (Å²) in [5.41, 5.74) is 1.73. The van der Waals surface area contributed by atoms with Crippen molar-refractivity contribution in [2.75, 3.05) is 11.9 Å². The molecule has 1 unspecified atom stereocenters. The number of rotatable bonds is 3. The molecule has 0 saturated carbocycles. The van der Waals surface area contributed by atoms with Gasteiger partial charge in [0.05, 0.1) is 0 Å². The Morgan fingerprint density at radius 3 is 2.76 bits per heavy atom. The number of nitrogens with one attached hydrogen (secondary N) is 2. The number of hydrogen-bond donors (Lipinski definition) is 2. The lowest BCUT2D eigenvalue weighted by Gasteiger charge is -2.10. The molecule has 1 saturated heterocycles. The van der Waals surface area contributed by atoms with Crippen molar-refractivity contribution in [3.05, 3.63) is 17.5 Å². The van der Waals surface area contributed by atoms with Gasteiger partial charge in [-0.3, -0.25) is 10.1 Å². The normalized spacial score (nSPS) is 19.3. The van der Waals surface area contributed by atoms with Gasteiger partial charge < -0.3 is 5.32 Å². The van der Waals surface area contributed by atoms with E-state index in [1.807, 2.05) is 19.9 Å². The first-order valence-corrected chi connectivity index (χ1v) is 5.99. The SMILES string of the molecule is Cc1cc(C)nc(NC(=O)CC2CCCN2)n1. The third-order valence-corrected chi connectivity index (χ3v) is 2.83. The van der Waals surface area contributed by atoms with Crippen LogP contribution in [0.5, 0.6) is 0 Å². The van der Waals surface area contributed by atoms with Crippen LogP contribution in [0.15, 0.2) is 6.07 Å². The Kier molecular flexibility index (Phi) is 3.68. The molecule has 1 amide bonds. The molecular weight excluding hydrogens is 216 g/mol. The second-order valence-corrected chi connectivity index (χ2v) is 4.52. The quantitative estimate of drug-likeness (QED) is 0.824. The summed E-state index contributed by atoms with van der Waals surface area (Å²) in [6.07, 6.45) is 2.72. The van der Waals surface area contributed by atoms with Crippen molar-refractivity contribution in [2.45, 2.75) is 39.2 Å². The number of anilines is 1. The summed E-state index contributed by atoms with van der Waals surface area (Å²) in [5.74, 6) is 0.389. The van der Waals surface area contributed by atoms with E-state index in [4.69, 9.17) is 0 Å². The number of carbonyl (C=O) groups excluding carboxylic acids is 1. The lowest BCUT2D eigenvalue weighted by atomic mass is 10.1. The highest BCUT2D eigenvalue weighted by Crippen LogP contribution is 2.10. The van der Waals surface area contributed by atoms with Gasteiger partial charge in [-0.05, 0) is 39.3 Å². The third kappa shape index (κ3) is 3.49. The minimum Gasteiger partial charge on any atom is -0.313 e. The number of aromatic nitrogens is 2. The van der Waals surface area contributed by atoms with Crippen molar-refractivity contribution in [2.24, 2.45) is 0 Å². The Morgan fingerprint density at radius 1 is 1.47 bits per heavy atom. The number of amides is 1. The minimum atomic E-state index is -0.0191. The lowest BCUT2D eigenvalue weighted by molar-refractivity contribution is -0.116.